The van der Waals surface area contributed by atoms with Crippen LogP contribution in [-0.2, 0) is 4.74 Å². The summed E-state index contributed by atoms with van der Waals surface area (Å²) in [5, 5.41) is 2.46. The van der Waals surface area contributed by atoms with Crippen molar-refractivity contribution in [2.75, 3.05) is 25.5 Å². The van der Waals surface area contributed by atoms with Crippen LogP contribution in [0.4, 0.5) is 19.0 Å². The summed E-state index contributed by atoms with van der Waals surface area (Å²) in [6.07, 6.45) is -4.37. The van der Waals surface area contributed by atoms with Gasteiger partial charge in [0.25, 0.3) is 5.91 Å². The molecule has 1 aromatic rings. The van der Waals surface area contributed by atoms with E-state index in [1.807, 2.05) is 13.8 Å². The van der Waals surface area contributed by atoms with Gasteiger partial charge in [-0.3, -0.25) is 4.79 Å². The Bertz CT molecular complexity index is 490. The normalized spacial score (nSPS) is 11.7. The van der Waals surface area contributed by atoms with E-state index in [4.69, 9.17) is 5.73 Å². The van der Waals surface area contributed by atoms with Crippen LogP contribution in [0.25, 0.3) is 0 Å². The summed E-state index contributed by atoms with van der Waals surface area (Å²) < 4.78 is 39.9. The lowest BCUT2D eigenvalue weighted by Crippen LogP contribution is -2.29. The summed E-state index contributed by atoms with van der Waals surface area (Å²) in [6.45, 7) is 2.25. The molecule has 21 heavy (non-hydrogen) atoms. The van der Waals surface area contributed by atoms with Gasteiger partial charge >= 0.3 is 6.18 Å². The van der Waals surface area contributed by atoms with Crippen molar-refractivity contribution in [3.63, 3.8) is 0 Å². The molecule has 0 atom stereocenters. The highest BCUT2D eigenvalue weighted by Gasteiger charge is 2.27. The molecule has 0 saturated heterocycles. The van der Waals surface area contributed by atoms with E-state index < -0.39 is 18.7 Å². The average Bonchev–Trinajstić information content (AvgIpc) is 2.35. The maximum absolute atomic E-state index is 11.9. The monoisotopic (exact) mass is 305 g/mol. The van der Waals surface area contributed by atoms with Gasteiger partial charge in [-0.1, -0.05) is 13.8 Å². The Morgan fingerprint density at radius 1 is 1.43 bits per heavy atom. The number of anilines is 1. The minimum absolute atomic E-state index is 0.0197. The predicted octanol–water partition coefficient (Wildman–Crippen LogP) is 2.10. The van der Waals surface area contributed by atoms with Crippen LogP contribution in [0, 0.1) is 0 Å². The van der Waals surface area contributed by atoms with Crippen LogP contribution in [0.5, 0.6) is 0 Å². The van der Waals surface area contributed by atoms with Gasteiger partial charge in [-0.25, -0.2) is 4.98 Å². The van der Waals surface area contributed by atoms with Gasteiger partial charge in [-0.15, -0.1) is 0 Å². The van der Waals surface area contributed by atoms with Gasteiger partial charge < -0.3 is 15.8 Å². The van der Waals surface area contributed by atoms with Gasteiger partial charge in [-0.2, -0.15) is 13.2 Å². The fraction of sp³-hybridized carbons (Fsp3) is 0.538. The summed E-state index contributed by atoms with van der Waals surface area (Å²) in [4.78, 5) is 16.0. The molecule has 0 radical (unpaired) electrons. The first-order valence-corrected chi connectivity index (χ1v) is 6.39. The number of nitrogens with one attached hydrogen (secondary N) is 1. The minimum Gasteiger partial charge on any atom is -0.384 e. The number of aromatic nitrogens is 1. The van der Waals surface area contributed by atoms with Crippen molar-refractivity contribution in [3.05, 3.63) is 23.4 Å². The van der Waals surface area contributed by atoms with E-state index in [-0.39, 0.29) is 24.9 Å². The van der Waals surface area contributed by atoms with Crippen LogP contribution in [-0.4, -0.2) is 36.8 Å². The van der Waals surface area contributed by atoms with Crippen molar-refractivity contribution in [2.24, 2.45) is 0 Å². The molecule has 0 aliphatic heterocycles. The number of amides is 1. The lowest BCUT2D eigenvalue weighted by Gasteiger charge is -2.10. The highest BCUT2D eigenvalue weighted by Crippen LogP contribution is 2.16. The Kier molecular flexibility index (Phi) is 5.95. The molecule has 0 unspecified atom stereocenters. The number of nitrogen functional groups attached to an aromatic ring is 1. The highest BCUT2D eigenvalue weighted by atomic mass is 19.4. The summed E-state index contributed by atoms with van der Waals surface area (Å²) in [5.74, 6) is -0.101. The number of alkyl halides is 3. The molecule has 8 heteroatoms. The number of halogens is 3. The van der Waals surface area contributed by atoms with Crippen LogP contribution in [0.3, 0.4) is 0 Å². The minimum atomic E-state index is -4.37. The van der Waals surface area contributed by atoms with Gasteiger partial charge in [0.15, 0.2) is 0 Å². The number of nitrogens with two attached hydrogens (primary N) is 1. The van der Waals surface area contributed by atoms with E-state index >= 15 is 0 Å². The zero-order chi connectivity index (χ0) is 16.0. The molecule has 1 heterocycles. The molecule has 0 aliphatic carbocycles. The molecule has 5 nitrogen and oxygen atoms in total. The molecule has 0 fully saturated rings. The Hall–Kier alpha value is -1.83. The summed E-state index contributed by atoms with van der Waals surface area (Å²) in [5.41, 5.74) is 6.61. The third kappa shape index (κ3) is 6.44. The van der Waals surface area contributed by atoms with Crippen LogP contribution < -0.4 is 11.1 Å². The SMILES string of the molecule is CC(C)c1cc(C(=O)NCCOCC(F)(F)F)cc(N)n1. The van der Waals surface area contributed by atoms with Crippen molar-refractivity contribution in [1.29, 1.82) is 0 Å². The maximum Gasteiger partial charge on any atom is 0.411 e. The Labute approximate surface area is 120 Å². The summed E-state index contributed by atoms with van der Waals surface area (Å²) in [7, 11) is 0. The molecule has 1 aromatic heterocycles. The topological polar surface area (TPSA) is 77.2 Å². The third-order valence-corrected chi connectivity index (χ3v) is 2.52. The quantitative estimate of drug-likeness (QED) is 0.789. The number of carbonyl (C=O) groups excluding carboxylic acids is 1. The third-order valence-electron chi connectivity index (χ3n) is 2.52. The van der Waals surface area contributed by atoms with Crippen LogP contribution in [0.1, 0.15) is 35.8 Å². The van der Waals surface area contributed by atoms with Crippen LogP contribution in [0.2, 0.25) is 0 Å². The average molecular weight is 305 g/mol. The van der Waals surface area contributed by atoms with Crippen molar-refractivity contribution < 1.29 is 22.7 Å². The van der Waals surface area contributed by atoms with Crippen molar-refractivity contribution in [1.82, 2.24) is 10.3 Å². The molecule has 1 rings (SSSR count). The van der Waals surface area contributed by atoms with Crippen LogP contribution >= 0.6 is 0 Å². The standard InChI is InChI=1S/C13H18F3N3O2/c1-8(2)10-5-9(6-11(17)19-10)12(20)18-3-4-21-7-13(14,15)16/h5-6,8H,3-4,7H2,1-2H3,(H2,17,19)(H,18,20). The fourth-order valence-corrected chi connectivity index (χ4v) is 1.53. The number of rotatable bonds is 6. The zero-order valence-corrected chi connectivity index (χ0v) is 11.8. The van der Waals surface area contributed by atoms with E-state index in [1.54, 1.807) is 6.07 Å². The molecule has 1 amide bonds. The number of ether oxygens (including phenoxy) is 1. The second-order valence-corrected chi connectivity index (χ2v) is 4.78. The molecule has 3 N–H and O–H groups in total. The van der Waals surface area contributed by atoms with Gasteiger partial charge in [0, 0.05) is 17.8 Å². The molecule has 118 valence electrons. The lowest BCUT2D eigenvalue weighted by molar-refractivity contribution is -0.173. The lowest BCUT2D eigenvalue weighted by atomic mass is 10.1. The summed E-state index contributed by atoms with van der Waals surface area (Å²) >= 11 is 0. The Morgan fingerprint density at radius 2 is 2.10 bits per heavy atom. The van der Waals surface area contributed by atoms with Crippen molar-refractivity contribution in [3.8, 4) is 0 Å². The van der Waals surface area contributed by atoms with E-state index in [0.717, 1.165) is 0 Å². The maximum atomic E-state index is 11.9. The first kappa shape index (κ1) is 17.2. The smallest absolute Gasteiger partial charge is 0.384 e. The van der Waals surface area contributed by atoms with E-state index in [1.165, 1.54) is 6.07 Å². The molecule has 0 bridgehead atoms. The van der Waals surface area contributed by atoms with E-state index in [2.05, 4.69) is 15.0 Å². The molecule has 0 aliphatic rings. The molecule has 0 spiro atoms. The Morgan fingerprint density at radius 3 is 2.67 bits per heavy atom. The molecule has 0 saturated carbocycles. The Balaban J connectivity index is 2.49. The number of pyridine rings is 1. The molecular formula is C13H18F3N3O2. The predicted molar refractivity (Wildman–Crippen MR) is 71.9 cm³/mol. The van der Waals surface area contributed by atoms with Gasteiger partial charge in [0.1, 0.15) is 12.4 Å². The second-order valence-electron chi connectivity index (χ2n) is 4.78. The highest BCUT2D eigenvalue weighted by molar-refractivity contribution is 5.94. The number of hydrogen-bond acceptors (Lipinski definition) is 4. The van der Waals surface area contributed by atoms with Gasteiger partial charge in [-0.05, 0) is 18.1 Å². The van der Waals surface area contributed by atoms with E-state index in [9.17, 15) is 18.0 Å². The number of nitrogens with zero attached hydrogens (tertiary/aromatic N) is 1. The van der Waals surface area contributed by atoms with Crippen molar-refractivity contribution >= 4 is 11.7 Å². The zero-order valence-electron chi connectivity index (χ0n) is 11.8. The first-order valence-electron chi connectivity index (χ1n) is 6.39. The summed E-state index contributed by atoms with van der Waals surface area (Å²) in [6, 6.07) is 3.02. The van der Waals surface area contributed by atoms with Gasteiger partial charge in [0.05, 0.1) is 6.61 Å². The fourth-order valence-electron chi connectivity index (χ4n) is 1.53. The number of hydrogen-bond donors (Lipinski definition) is 2. The van der Waals surface area contributed by atoms with Gasteiger partial charge in [0.2, 0.25) is 0 Å². The molecule has 0 aromatic carbocycles. The second kappa shape index (κ2) is 7.26. The van der Waals surface area contributed by atoms with Crippen LogP contribution in [0.15, 0.2) is 12.1 Å². The first-order chi connectivity index (χ1) is 9.69. The number of carbonyl (C=O) groups is 1. The largest absolute Gasteiger partial charge is 0.411 e. The van der Waals surface area contributed by atoms with E-state index in [0.29, 0.717) is 11.3 Å². The van der Waals surface area contributed by atoms with Crippen molar-refractivity contribution in [2.45, 2.75) is 25.9 Å². The molecular weight excluding hydrogens is 287 g/mol.